The van der Waals surface area contributed by atoms with Crippen LogP contribution in [0.25, 0.3) is 0 Å². The van der Waals surface area contributed by atoms with E-state index in [2.05, 4.69) is 21.2 Å². The van der Waals surface area contributed by atoms with E-state index in [9.17, 15) is 14.0 Å². The molecule has 1 fully saturated rings. The van der Waals surface area contributed by atoms with Crippen LogP contribution in [-0.2, 0) is 9.59 Å². The summed E-state index contributed by atoms with van der Waals surface area (Å²) in [5.41, 5.74) is 0.874. The Kier molecular flexibility index (Phi) is 4.55. The Morgan fingerprint density at radius 1 is 1.45 bits per heavy atom. The molecule has 1 aliphatic rings. The highest BCUT2D eigenvalue weighted by atomic mass is 79.9. The van der Waals surface area contributed by atoms with Crippen LogP contribution in [0, 0.1) is 5.82 Å². The number of halogens is 2. The predicted molar refractivity (Wildman–Crippen MR) is 76.4 cm³/mol. The molecule has 2 unspecified atom stereocenters. The zero-order chi connectivity index (χ0) is 14.9. The smallest absolute Gasteiger partial charge is 0.246 e. The third-order valence-corrected chi connectivity index (χ3v) is 4.22. The fraction of sp³-hybridized carbons (Fsp3) is 0.429. The van der Waals surface area contributed by atoms with E-state index in [1.165, 1.54) is 19.2 Å². The molecule has 6 heteroatoms. The fourth-order valence-corrected chi connectivity index (χ4v) is 3.01. The van der Waals surface area contributed by atoms with Crippen molar-refractivity contribution >= 4 is 27.7 Å². The van der Waals surface area contributed by atoms with E-state index in [4.69, 9.17) is 0 Å². The summed E-state index contributed by atoms with van der Waals surface area (Å²) in [6.45, 7) is 1.90. The number of amides is 2. The molecule has 1 aromatic carbocycles. The van der Waals surface area contributed by atoms with Crippen molar-refractivity contribution in [1.82, 2.24) is 10.2 Å². The molecule has 108 valence electrons. The first-order valence-corrected chi connectivity index (χ1v) is 7.21. The topological polar surface area (TPSA) is 49.4 Å². The molecule has 0 bridgehead atoms. The average molecular weight is 343 g/mol. The van der Waals surface area contributed by atoms with E-state index in [1.54, 1.807) is 6.07 Å². The summed E-state index contributed by atoms with van der Waals surface area (Å²) in [5.74, 6) is -0.679. The lowest BCUT2D eigenvalue weighted by Crippen LogP contribution is -2.51. The summed E-state index contributed by atoms with van der Waals surface area (Å²) in [6, 6.07) is 3.95. The van der Waals surface area contributed by atoms with Crippen LogP contribution in [0.2, 0.25) is 0 Å². The second-order valence-electron chi connectivity index (χ2n) is 4.94. The third-order valence-electron chi connectivity index (χ3n) is 3.53. The van der Waals surface area contributed by atoms with Gasteiger partial charge in [-0.3, -0.25) is 19.8 Å². The molecule has 1 saturated heterocycles. The van der Waals surface area contributed by atoms with Crippen LogP contribution in [0.1, 0.15) is 31.4 Å². The van der Waals surface area contributed by atoms with Crippen LogP contribution in [0.5, 0.6) is 0 Å². The monoisotopic (exact) mass is 342 g/mol. The summed E-state index contributed by atoms with van der Waals surface area (Å²) in [5, 5.41) is 3.20. The van der Waals surface area contributed by atoms with E-state index >= 15 is 0 Å². The van der Waals surface area contributed by atoms with Crippen LogP contribution in [0.3, 0.4) is 0 Å². The number of likely N-dealkylation sites (tertiary alicyclic amines) is 1. The summed E-state index contributed by atoms with van der Waals surface area (Å²) < 4.78 is 13.7. The van der Waals surface area contributed by atoms with Crippen molar-refractivity contribution in [3.05, 3.63) is 34.1 Å². The van der Waals surface area contributed by atoms with Gasteiger partial charge in [-0.15, -0.1) is 0 Å². The average Bonchev–Trinajstić information content (AvgIpc) is 2.39. The number of likely N-dealkylation sites (N-methyl/N-ethyl adjacent to an activating group) is 1. The molecular formula is C14H16BrFN2O2. The van der Waals surface area contributed by atoms with Gasteiger partial charge in [-0.2, -0.15) is 0 Å². The maximum atomic E-state index is 13.1. The second kappa shape index (κ2) is 6.01. The largest absolute Gasteiger partial charge is 0.299 e. The highest BCUT2D eigenvalue weighted by molar-refractivity contribution is 9.10. The minimum Gasteiger partial charge on any atom is -0.299 e. The Morgan fingerprint density at radius 2 is 2.15 bits per heavy atom. The van der Waals surface area contributed by atoms with Crippen molar-refractivity contribution in [3.8, 4) is 0 Å². The van der Waals surface area contributed by atoms with Gasteiger partial charge in [0.05, 0.1) is 6.04 Å². The molecule has 0 aromatic heterocycles. The van der Waals surface area contributed by atoms with Crippen LogP contribution < -0.4 is 5.32 Å². The molecule has 0 saturated carbocycles. The first kappa shape index (κ1) is 15.1. The van der Waals surface area contributed by atoms with Crippen LogP contribution >= 0.6 is 15.9 Å². The number of hydrogen-bond donors (Lipinski definition) is 1. The third kappa shape index (κ3) is 3.07. The lowest BCUT2D eigenvalue weighted by Gasteiger charge is -2.30. The molecule has 1 heterocycles. The van der Waals surface area contributed by atoms with Crippen LogP contribution in [-0.4, -0.2) is 29.8 Å². The number of carbonyl (C=O) groups is 2. The Balaban J connectivity index is 2.09. The van der Waals surface area contributed by atoms with Crippen LogP contribution in [0.4, 0.5) is 4.39 Å². The molecular weight excluding hydrogens is 327 g/mol. The van der Waals surface area contributed by atoms with Gasteiger partial charge < -0.3 is 0 Å². The summed E-state index contributed by atoms with van der Waals surface area (Å²) in [6.07, 6.45) is 0.850. The van der Waals surface area contributed by atoms with Gasteiger partial charge in [0, 0.05) is 24.0 Å². The first-order chi connectivity index (χ1) is 9.40. The first-order valence-electron chi connectivity index (χ1n) is 6.41. The molecule has 1 aliphatic heterocycles. The predicted octanol–water partition coefficient (Wildman–Crippen LogP) is 2.39. The molecule has 1 aromatic rings. The number of nitrogens with zero attached hydrogens (tertiary/aromatic N) is 1. The quantitative estimate of drug-likeness (QED) is 0.858. The van der Waals surface area contributed by atoms with Gasteiger partial charge >= 0.3 is 0 Å². The maximum Gasteiger partial charge on any atom is 0.246 e. The molecule has 0 radical (unpaired) electrons. The number of imide groups is 1. The Labute approximate surface area is 125 Å². The number of piperidine rings is 1. The second-order valence-corrected chi connectivity index (χ2v) is 5.79. The number of hydrogen-bond acceptors (Lipinski definition) is 3. The number of carbonyl (C=O) groups excluding carboxylic acids is 2. The van der Waals surface area contributed by atoms with Crippen LogP contribution in [0.15, 0.2) is 22.7 Å². The fourth-order valence-electron chi connectivity index (χ4n) is 2.31. The Morgan fingerprint density at radius 3 is 2.80 bits per heavy atom. The van der Waals surface area contributed by atoms with E-state index in [1.807, 2.05) is 6.92 Å². The highest BCUT2D eigenvalue weighted by Crippen LogP contribution is 2.25. The molecule has 4 nitrogen and oxygen atoms in total. The Bertz CT molecular complexity index is 550. The molecule has 2 amide bonds. The minimum absolute atomic E-state index is 0.125. The zero-order valence-electron chi connectivity index (χ0n) is 11.3. The molecule has 2 rings (SSSR count). The van der Waals surface area contributed by atoms with Gasteiger partial charge in [0.1, 0.15) is 5.82 Å². The maximum absolute atomic E-state index is 13.1. The van der Waals surface area contributed by atoms with Gasteiger partial charge in [-0.05, 0) is 31.0 Å². The summed E-state index contributed by atoms with van der Waals surface area (Å²) in [7, 11) is 1.50. The highest BCUT2D eigenvalue weighted by Gasteiger charge is 2.32. The number of nitrogens with one attached hydrogen (secondary N) is 1. The molecule has 0 aliphatic carbocycles. The van der Waals surface area contributed by atoms with Crippen molar-refractivity contribution < 1.29 is 14.0 Å². The van der Waals surface area contributed by atoms with E-state index in [0.29, 0.717) is 17.3 Å². The van der Waals surface area contributed by atoms with Gasteiger partial charge in [-0.1, -0.05) is 22.0 Å². The summed E-state index contributed by atoms with van der Waals surface area (Å²) in [4.78, 5) is 24.6. The van der Waals surface area contributed by atoms with Crippen molar-refractivity contribution in [2.45, 2.75) is 31.8 Å². The van der Waals surface area contributed by atoms with Gasteiger partial charge in [0.2, 0.25) is 11.8 Å². The lowest BCUT2D eigenvalue weighted by atomic mass is 10.0. The molecule has 1 N–H and O–H groups in total. The van der Waals surface area contributed by atoms with Gasteiger partial charge in [-0.25, -0.2) is 4.39 Å². The molecule has 2 atom stereocenters. The van der Waals surface area contributed by atoms with Gasteiger partial charge in [0.15, 0.2) is 0 Å². The number of benzene rings is 1. The zero-order valence-corrected chi connectivity index (χ0v) is 12.9. The Hall–Kier alpha value is -1.27. The lowest BCUT2D eigenvalue weighted by molar-refractivity contribution is -0.148. The van der Waals surface area contributed by atoms with E-state index in [-0.39, 0.29) is 29.7 Å². The van der Waals surface area contributed by atoms with E-state index < -0.39 is 0 Å². The molecule has 0 spiro atoms. The SMILES string of the molecule is CC(NC1CCC(=O)N(C)C1=O)c1ccc(F)cc1Br. The number of rotatable bonds is 3. The van der Waals surface area contributed by atoms with E-state index in [0.717, 1.165) is 10.5 Å². The van der Waals surface area contributed by atoms with Gasteiger partial charge in [0.25, 0.3) is 0 Å². The van der Waals surface area contributed by atoms with Crippen molar-refractivity contribution in [1.29, 1.82) is 0 Å². The van der Waals surface area contributed by atoms with Crippen molar-refractivity contribution in [2.75, 3.05) is 7.05 Å². The summed E-state index contributed by atoms with van der Waals surface area (Å²) >= 11 is 3.32. The normalized spacial score (nSPS) is 21.2. The molecule has 20 heavy (non-hydrogen) atoms. The standard InChI is InChI=1S/C14H16BrFN2O2/c1-8(10-4-3-9(16)7-11(10)15)17-12-5-6-13(19)18(2)14(12)20/h3-4,7-8,12,17H,5-6H2,1-2H3. The van der Waals surface area contributed by atoms with Crippen molar-refractivity contribution in [3.63, 3.8) is 0 Å². The van der Waals surface area contributed by atoms with Crippen molar-refractivity contribution in [2.24, 2.45) is 0 Å². The minimum atomic E-state index is -0.385.